The number of ether oxygens (including phenoxy) is 2. The van der Waals surface area contributed by atoms with Gasteiger partial charge in [-0.1, -0.05) is 26.0 Å². The van der Waals surface area contributed by atoms with Gasteiger partial charge in [-0.15, -0.1) is 0 Å². The summed E-state index contributed by atoms with van der Waals surface area (Å²) in [5.41, 5.74) is 0. The second-order valence-electron chi connectivity index (χ2n) is 8.08. The topological polar surface area (TPSA) is 81.5 Å². The molecule has 1 atom stereocenters. The van der Waals surface area contributed by atoms with E-state index in [2.05, 4.69) is 29.2 Å². The molecule has 4 heterocycles. The number of benzene rings is 1. The first kappa shape index (κ1) is 17.3. The van der Waals surface area contributed by atoms with Crippen LogP contribution in [0.2, 0.25) is 0 Å². The summed E-state index contributed by atoms with van der Waals surface area (Å²) in [5.74, 6) is 2.68. The number of nitrogens with zero attached hydrogens (tertiary/aromatic N) is 4. The quantitative estimate of drug-likeness (QED) is 0.862. The Labute approximate surface area is 163 Å². The summed E-state index contributed by atoms with van der Waals surface area (Å²) in [5, 5.41) is 7.74. The summed E-state index contributed by atoms with van der Waals surface area (Å²) < 4.78 is 14.0. The van der Waals surface area contributed by atoms with E-state index in [1.165, 1.54) is 0 Å². The molecule has 8 nitrogen and oxygen atoms in total. The second kappa shape index (κ2) is 6.39. The van der Waals surface area contributed by atoms with Gasteiger partial charge in [-0.05, 0) is 25.0 Å². The number of carbonyl (C=O) groups is 1. The Balaban J connectivity index is 1.27. The minimum atomic E-state index is -0.765. The Morgan fingerprint density at radius 1 is 1.25 bits per heavy atom. The van der Waals surface area contributed by atoms with Crippen LogP contribution in [-0.4, -0.2) is 44.6 Å². The predicted molar refractivity (Wildman–Crippen MR) is 101 cm³/mol. The number of fused-ring (bicyclic) bond motifs is 2. The summed E-state index contributed by atoms with van der Waals surface area (Å²) in [7, 11) is 0. The van der Waals surface area contributed by atoms with Crippen LogP contribution in [0.3, 0.4) is 0 Å². The number of likely N-dealkylation sites (tertiary alicyclic amines) is 1. The number of hydrogen-bond donors (Lipinski definition) is 1. The van der Waals surface area contributed by atoms with Crippen LogP contribution in [0.4, 0.5) is 4.79 Å². The van der Waals surface area contributed by atoms with Crippen molar-refractivity contribution < 1.29 is 14.3 Å². The van der Waals surface area contributed by atoms with Gasteiger partial charge in [0, 0.05) is 25.4 Å². The fourth-order valence-corrected chi connectivity index (χ4v) is 4.13. The SMILES string of the molecule is CC(C)c1nc2n(n1)CCCC2NC(=O)N1CCC2(C1)Oc1ccccc1O2. The Kier molecular flexibility index (Phi) is 3.96. The van der Waals surface area contributed by atoms with Gasteiger partial charge < -0.3 is 19.7 Å². The Morgan fingerprint density at radius 2 is 2.00 bits per heavy atom. The molecule has 1 N–H and O–H groups in total. The van der Waals surface area contributed by atoms with Gasteiger partial charge in [0.05, 0.1) is 12.6 Å². The molecule has 8 heteroatoms. The number of amides is 2. The van der Waals surface area contributed by atoms with Crippen molar-refractivity contribution in [2.45, 2.75) is 57.4 Å². The van der Waals surface area contributed by atoms with Crippen molar-refractivity contribution in [2.24, 2.45) is 0 Å². The third kappa shape index (κ3) is 2.87. The van der Waals surface area contributed by atoms with Gasteiger partial charge in [-0.2, -0.15) is 5.10 Å². The molecule has 28 heavy (non-hydrogen) atoms. The molecule has 1 aromatic heterocycles. The highest BCUT2D eigenvalue weighted by Crippen LogP contribution is 2.42. The van der Waals surface area contributed by atoms with Crippen LogP contribution in [-0.2, 0) is 6.54 Å². The van der Waals surface area contributed by atoms with Crippen LogP contribution in [0.5, 0.6) is 11.5 Å². The third-order valence-corrected chi connectivity index (χ3v) is 5.63. The van der Waals surface area contributed by atoms with Crippen molar-refractivity contribution in [3.63, 3.8) is 0 Å². The van der Waals surface area contributed by atoms with Crippen LogP contribution in [0, 0.1) is 0 Å². The van der Waals surface area contributed by atoms with E-state index in [-0.39, 0.29) is 18.0 Å². The zero-order chi connectivity index (χ0) is 19.3. The molecule has 0 radical (unpaired) electrons. The number of rotatable bonds is 2. The summed E-state index contributed by atoms with van der Waals surface area (Å²) in [6.07, 6.45) is 2.50. The van der Waals surface area contributed by atoms with Crippen molar-refractivity contribution in [1.29, 1.82) is 0 Å². The lowest BCUT2D eigenvalue weighted by molar-refractivity contribution is -0.0650. The number of para-hydroxylation sites is 2. The number of aromatic nitrogens is 3. The molecule has 5 rings (SSSR count). The molecular formula is C20H25N5O3. The van der Waals surface area contributed by atoms with E-state index in [0.29, 0.717) is 19.5 Å². The van der Waals surface area contributed by atoms with E-state index in [4.69, 9.17) is 9.47 Å². The smallest absolute Gasteiger partial charge is 0.318 e. The van der Waals surface area contributed by atoms with Gasteiger partial charge in [-0.25, -0.2) is 14.5 Å². The maximum atomic E-state index is 12.9. The van der Waals surface area contributed by atoms with E-state index >= 15 is 0 Å². The van der Waals surface area contributed by atoms with Crippen molar-refractivity contribution in [2.75, 3.05) is 13.1 Å². The standard InChI is InChI=1S/C20H25N5O3/c1-13(2)17-22-18-14(6-5-10-25(18)23-17)21-19(26)24-11-9-20(12-24)27-15-7-3-4-8-16(15)28-20/h3-4,7-8,13-14H,5-6,9-12H2,1-2H3,(H,21,26). The average Bonchev–Trinajstić information content (AvgIpc) is 3.38. The maximum Gasteiger partial charge on any atom is 0.318 e. The first-order chi connectivity index (χ1) is 13.5. The average molecular weight is 383 g/mol. The number of urea groups is 1. The molecular weight excluding hydrogens is 358 g/mol. The minimum Gasteiger partial charge on any atom is -0.447 e. The van der Waals surface area contributed by atoms with Gasteiger partial charge in [-0.3, -0.25) is 0 Å². The highest BCUT2D eigenvalue weighted by Gasteiger charge is 2.49. The van der Waals surface area contributed by atoms with Gasteiger partial charge in [0.1, 0.15) is 5.82 Å². The molecule has 1 unspecified atom stereocenters. The lowest BCUT2D eigenvalue weighted by Gasteiger charge is -2.27. The lowest BCUT2D eigenvalue weighted by atomic mass is 10.1. The second-order valence-corrected chi connectivity index (χ2v) is 8.08. The third-order valence-electron chi connectivity index (χ3n) is 5.63. The van der Waals surface area contributed by atoms with Gasteiger partial charge >= 0.3 is 6.03 Å². The normalized spacial score (nSPS) is 22.0. The van der Waals surface area contributed by atoms with Crippen LogP contribution < -0.4 is 14.8 Å². The van der Waals surface area contributed by atoms with E-state index in [9.17, 15) is 4.79 Å². The van der Waals surface area contributed by atoms with Crippen LogP contribution in [0.15, 0.2) is 24.3 Å². The maximum absolute atomic E-state index is 12.9. The van der Waals surface area contributed by atoms with Gasteiger partial charge in [0.25, 0.3) is 5.79 Å². The molecule has 3 aliphatic heterocycles. The molecule has 1 saturated heterocycles. The summed E-state index contributed by atoms with van der Waals surface area (Å²) in [4.78, 5) is 19.4. The van der Waals surface area contributed by atoms with Crippen molar-refractivity contribution in [3.05, 3.63) is 35.9 Å². The van der Waals surface area contributed by atoms with Gasteiger partial charge in [0.15, 0.2) is 17.3 Å². The van der Waals surface area contributed by atoms with Crippen LogP contribution >= 0.6 is 0 Å². The van der Waals surface area contributed by atoms with Crippen molar-refractivity contribution in [1.82, 2.24) is 25.0 Å². The van der Waals surface area contributed by atoms with E-state index < -0.39 is 5.79 Å². The highest BCUT2D eigenvalue weighted by atomic mass is 16.7. The molecule has 148 valence electrons. The van der Waals surface area contributed by atoms with Crippen LogP contribution in [0.1, 0.15) is 56.7 Å². The molecule has 0 bridgehead atoms. The zero-order valence-corrected chi connectivity index (χ0v) is 16.2. The molecule has 1 aromatic carbocycles. The summed E-state index contributed by atoms with van der Waals surface area (Å²) in [6.45, 7) is 6.02. The molecule has 1 fully saturated rings. The summed E-state index contributed by atoms with van der Waals surface area (Å²) >= 11 is 0. The Hall–Kier alpha value is -2.77. The molecule has 0 saturated carbocycles. The Morgan fingerprint density at radius 3 is 2.71 bits per heavy atom. The fraction of sp³-hybridized carbons (Fsp3) is 0.550. The summed E-state index contributed by atoms with van der Waals surface area (Å²) in [6, 6.07) is 7.42. The Bertz CT molecular complexity index is 884. The van der Waals surface area contributed by atoms with E-state index in [1.54, 1.807) is 4.90 Å². The first-order valence-electron chi connectivity index (χ1n) is 10.0. The molecule has 2 amide bonds. The molecule has 0 aliphatic carbocycles. The van der Waals surface area contributed by atoms with Gasteiger partial charge in [0.2, 0.25) is 0 Å². The van der Waals surface area contributed by atoms with Crippen molar-refractivity contribution >= 4 is 6.03 Å². The highest BCUT2D eigenvalue weighted by molar-refractivity contribution is 5.75. The number of hydrogen-bond acceptors (Lipinski definition) is 5. The van der Waals surface area contributed by atoms with E-state index in [0.717, 1.165) is 42.5 Å². The molecule has 3 aliphatic rings. The number of nitrogens with one attached hydrogen (secondary N) is 1. The van der Waals surface area contributed by atoms with Crippen LogP contribution in [0.25, 0.3) is 0 Å². The minimum absolute atomic E-state index is 0.104. The fourth-order valence-electron chi connectivity index (χ4n) is 4.13. The first-order valence-corrected chi connectivity index (χ1v) is 10.0. The largest absolute Gasteiger partial charge is 0.447 e. The monoisotopic (exact) mass is 383 g/mol. The van der Waals surface area contributed by atoms with E-state index in [1.807, 2.05) is 28.9 Å². The lowest BCUT2D eigenvalue weighted by Crippen LogP contribution is -2.46. The number of carbonyl (C=O) groups excluding carboxylic acids is 1. The zero-order valence-electron chi connectivity index (χ0n) is 16.2. The number of aryl methyl sites for hydroxylation is 1. The predicted octanol–water partition coefficient (Wildman–Crippen LogP) is 2.82. The van der Waals surface area contributed by atoms with Crippen molar-refractivity contribution in [3.8, 4) is 11.5 Å². The molecule has 1 spiro atoms. The molecule has 2 aromatic rings.